The summed E-state index contributed by atoms with van der Waals surface area (Å²) in [6, 6.07) is 6.30. The predicted molar refractivity (Wildman–Crippen MR) is 94.1 cm³/mol. The van der Waals surface area contributed by atoms with Crippen molar-refractivity contribution in [2.75, 3.05) is 16.0 Å². The number of carbonyl (C=O) groups is 1. The Bertz CT molecular complexity index is 682. The first-order valence-corrected chi connectivity index (χ1v) is 8.61. The number of nitrogen functional groups attached to an aromatic ring is 1. The molecule has 6 nitrogen and oxygen atoms in total. The van der Waals surface area contributed by atoms with Crippen LogP contribution >= 0.6 is 0 Å². The van der Waals surface area contributed by atoms with Crippen molar-refractivity contribution >= 4 is 23.2 Å². The summed E-state index contributed by atoms with van der Waals surface area (Å²) in [6.07, 6.45) is 4.51. The van der Waals surface area contributed by atoms with Gasteiger partial charge < -0.3 is 16.2 Å². The zero-order chi connectivity index (χ0) is 17.3. The van der Waals surface area contributed by atoms with E-state index < -0.39 is 6.09 Å². The van der Waals surface area contributed by atoms with Crippen molar-refractivity contribution in [2.45, 2.75) is 57.5 Å². The molecule has 3 atom stereocenters. The highest BCUT2D eigenvalue weighted by atomic mass is 16.4. The summed E-state index contributed by atoms with van der Waals surface area (Å²) in [5.74, 6) is 0.110. The minimum atomic E-state index is -0.937. The summed E-state index contributed by atoms with van der Waals surface area (Å²) in [6.45, 7) is 1.92. The Labute approximate surface area is 142 Å². The average molecular weight is 328 g/mol. The number of benzene rings is 1. The number of fused-ring (bicyclic) bond motifs is 1. The lowest BCUT2D eigenvalue weighted by Gasteiger charge is -2.35. The molecular formula is C18H24N4O2. The van der Waals surface area contributed by atoms with Crippen molar-refractivity contribution in [2.24, 2.45) is 5.92 Å². The van der Waals surface area contributed by atoms with Gasteiger partial charge in [0, 0.05) is 23.6 Å². The molecule has 3 rings (SSSR count). The summed E-state index contributed by atoms with van der Waals surface area (Å²) in [7, 11) is 0. The molecular weight excluding hydrogens is 304 g/mol. The Morgan fingerprint density at radius 2 is 2.21 bits per heavy atom. The molecule has 0 unspecified atom stereocenters. The number of hydrogen-bond donors (Lipinski definition) is 3. The zero-order valence-corrected chi connectivity index (χ0v) is 14.0. The Morgan fingerprint density at radius 1 is 1.42 bits per heavy atom. The predicted octanol–water partition coefficient (Wildman–Crippen LogP) is 3.58. The largest absolute Gasteiger partial charge is 0.465 e. The van der Waals surface area contributed by atoms with Gasteiger partial charge in [0.1, 0.15) is 0 Å². The van der Waals surface area contributed by atoms with Crippen LogP contribution in [0.3, 0.4) is 0 Å². The van der Waals surface area contributed by atoms with Crippen LogP contribution in [-0.2, 0) is 6.42 Å². The van der Waals surface area contributed by atoms with E-state index in [1.165, 1.54) is 4.90 Å². The zero-order valence-electron chi connectivity index (χ0n) is 14.0. The van der Waals surface area contributed by atoms with Gasteiger partial charge in [-0.05, 0) is 51.2 Å². The number of anilines is 3. The van der Waals surface area contributed by atoms with Crippen molar-refractivity contribution in [3.8, 4) is 6.07 Å². The molecule has 1 fully saturated rings. The Hall–Kier alpha value is -2.42. The second kappa shape index (κ2) is 6.60. The summed E-state index contributed by atoms with van der Waals surface area (Å²) >= 11 is 0. The number of nitrogens with one attached hydrogen (secondary N) is 1. The number of nitrogens with two attached hydrogens (primary N) is 1. The molecule has 1 saturated carbocycles. The molecule has 1 aliphatic heterocycles. The first-order valence-electron chi connectivity index (χ1n) is 8.61. The Kier molecular flexibility index (Phi) is 4.52. The lowest BCUT2D eigenvalue weighted by molar-refractivity contribution is 0.198. The minimum absolute atomic E-state index is 0.0389. The van der Waals surface area contributed by atoms with Gasteiger partial charge in [0.15, 0.2) is 0 Å². The second-order valence-corrected chi connectivity index (χ2v) is 6.90. The van der Waals surface area contributed by atoms with Crippen molar-refractivity contribution in [1.29, 1.82) is 5.26 Å². The van der Waals surface area contributed by atoms with E-state index in [2.05, 4.69) is 11.4 Å². The van der Waals surface area contributed by atoms with Gasteiger partial charge in [-0.15, -0.1) is 0 Å². The summed E-state index contributed by atoms with van der Waals surface area (Å²) in [5, 5.41) is 22.1. The molecule has 4 N–H and O–H groups in total. The van der Waals surface area contributed by atoms with Gasteiger partial charge in [-0.25, -0.2) is 4.79 Å². The van der Waals surface area contributed by atoms with Gasteiger partial charge in [-0.3, -0.25) is 4.90 Å². The van der Waals surface area contributed by atoms with Crippen LogP contribution in [0.1, 0.15) is 44.6 Å². The van der Waals surface area contributed by atoms with E-state index in [0.717, 1.165) is 49.8 Å². The van der Waals surface area contributed by atoms with Crippen molar-refractivity contribution < 1.29 is 9.90 Å². The van der Waals surface area contributed by atoms with Gasteiger partial charge in [0.25, 0.3) is 0 Å². The highest BCUT2D eigenvalue weighted by Crippen LogP contribution is 2.39. The van der Waals surface area contributed by atoms with Gasteiger partial charge in [0.2, 0.25) is 0 Å². The Morgan fingerprint density at radius 3 is 2.92 bits per heavy atom. The van der Waals surface area contributed by atoms with Crippen molar-refractivity contribution in [3.63, 3.8) is 0 Å². The fraction of sp³-hybridized carbons (Fsp3) is 0.556. The van der Waals surface area contributed by atoms with E-state index >= 15 is 0 Å². The van der Waals surface area contributed by atoms with E-state index in [9.17, 15) is 9.90 Å². The SMILES string of the molecule is C[C@H]1CCc2c(ccc(N[C@H]3CCC[C@@H](C#N)C3)c2N)N1C(=O)O. The van der Waals surface area contributed by atoms with Gasteiger partial charge in [-0.2, -0.15) is 5.26 Å². The standard InChI is InChI=1S/C18H24N4O2/c1-11-5-6-14-16(22(11)18(23)24)8-7-15(17(14)20)21-13-4-2-3-12(9-13)10-19/h7-8,11-13,21H,2-6,9,20H2,1H3,(H,23,24)/t11-,12+,13-/m0/s1. The number of nitriles is 1. The molecule has 1 heterocycles. The third-order valence-corrected chi connectivity index (χ3v) is 5.27. The lowest BCUT2D eigenvalue weighted by Crippen LogP contribution is -2.41. The van der Waals surface area contributed by atoms with Crippen LogP contribution in [0.5, 0.6) is 0 Å². The third kappa shape index (κ3) is 2.99. The molecule has 2 aliphatic rings. The molecule has 6 heteroatoms. The Balaban J connectivity index is 1.85. The van der Waals surface area contributed by atoms with E-state index in [1.807, 2.05) is 19.1 Å². The second-order valence-electron chi connectivity index (χ2n) is 6.90. The molecule has 0 saturated heterocycles. The fourth-order valence-corrected chi connectivity index (χ4v) is 3.94. The van der Waals surface area contributed by atoms with E-state index in [0.29, 0.717) is 11.4 Å². The van der Waals surface area contributed by atoms with E-state index in [4.69, 9.17) is 11.0 Å². The number of amides is 1. The molecule has 24 heavy (non-hydrogen) atoms. The summed E-state index contributed by atoms with van der Waals surface area (Å²) in [5.41, 5.74) is 9.46. The van der Waals surface area contributed by atoms with Crippen LogP contribution in [0.2, 0.25) is 0 Å². The molecule has 1 aromatic rings. The number of nitrogens with zero attached hydrogens (tertiary/aromatic N) is 2. The highest BCUT2D eigenvalue weighted by Gasteiger charge is 2.30. The maximum atomic E-state index is 11.5. The van der Waals surface area contributed by atoms with Gasteiger partial charge in [-0.1, -0.05) is 6.42 Å². The molecule has 0 spiro atoms. The van der Waals surface area contributed by atoms with Gasteiger partial charge >= 0.3 is 6.09 Å². The summed E-state index contributed by atoms with van der Waals surface area (Å²) < 4.78 is 0. The first kappa shape index (κ1) is 16.4. The fourth-order valence-electron chi connectivity index (χ4n) is 3.94. The molecule has 0 radical (unpaired) electrons. The maximum absolute atomic E-state index is 11.5. The van der Waals surface area contributed by atoms with Crippen LogP contribution in [0.15, 0.2) is 12.1 Å². The van der Waals surface area contributed by atoms with Crippen LogP contribution < -0.4 is 16.0 Å². The summed E-state index contributed by atoms with van der Waals surface area (Å²) in [4.78, 5) is 13.0. The molecule has 0 aromatic heterocycles. The van der Waals surface area contributed by atoms with Crippen molar-refractivity contribution in [3.05, 3.63) is 17.7 Å². The topological polar surface area (TPSA) is 102 Å². The van der Waals surface area contributed by atoms with Crippen LogP contribution in [0, 0.1) is 17.2 Å². The highest BCUT2D eigenvalue weighted by molar-refractivity contribution is 5.92. The molecule has 1 aromatic carbocycles. The molecule has 128 valence electrons. The minimum Gasteiger partial charge on any atom is -0.465 e. The monoisotopic (exact) mass is 328 g/mol. The van der Waals surface area contributed by atoms with Gasteiger partial charge in [0.05, 0.1) is 23.1 Å². The number of hydrogen-bond acceptors (Lipinski definition) is 4. The van der Waals surface area contributed by atoms with E-state index in [-0.39, 0.29) is 18.0 Å². The maximum Gasteiger partial charge on any atom is 0.412 e. The number of carboxylic acid groups (broad SMARTS) is 1. The normalized spacial score (nSPS) is 26.3. The molecule has 1 amide bonds. The van der Waals surface area contributed by atoms with E-state index in [1.54, 1.807) is 0 Å². The third-order valence-electron chi connectivity index (χ3n) is 5.27. The first-order chi connectivity index (χ1) is 11.5. The van der Waals surface area contributed by atoms with Crippen molar-refractivity contribution in [1.82, 2.24) is 0 Å². The molecule has 1 aliphatic carbocycles. The van der Waals surface area contributed by atoms with Crippen LogP contribution in [-0.4, -0.2) is 23.3 Å². The quantitative estimate of drug-likeness (QED) is 0.720. The smallest absolute Gasteiger partial charge is 0.412 e. The van der Waals surface area contributed by atoms with Crippen LogP contribution in [0.25, 0.3) is 0 Å². The lowest BCUT2D eigenvalue weighted by atomic mass is 9.86. The number of rotatable bonds is 2. The van der Waals surface area contributed by atoms with Crippen LogP contribution in [0.4, 0.5) is 21.9 Å². The average Bonchev–Trinajstić information content (AvgIpc) is 2.57. The molecule has 0 bridgehead atoms.